The zero-order valence-electron chi connectivity index (χ0n) is 30.5. The molecule has 7 aromatic carbocycles. The lowest BCUT2D eigenvalue weighted by Gasteiger charge is -2.28. The summed E-state index contributed by atoms with van der Waals surface area (Å²) in [5, 5.41) is 26.8. The molecular formula is C51H30N4O2. The average molecular weight is 731 g/mol. The van der Waals surface area contributed by atoms with E-state index in [1.807, 2.05) is 97.1 Å². The number of para-hydroxylation sites is 4. The zero-order chi connectivity index (χ0) is 38.2. The van der Waals surface area contributed by atoms with Crippen molar-refractivity contribution in [2.24, 2.45) is 0 Å². The summed E-state index contributed by atoms with van der Waals surface area (Å²) in [5.41, 5.74) is 11.6. The molecule has 6 heteroatoms. The molecule has 0 unspecified atom stereocenters. The molecular weight excluding hydrogens is 701 g/mol. The molecule has 10 aromatic rings. The van der Waals surface area contributed by atoms with Crippen LogP contribution in [0.4, 0.5) is 11.4 Å². The molecule has 266 valence electrons. The Morgan fingerprint density at radius 3 is 2.14 bits per heavy atom. The maximum Gasteiger partial charge on any atom is 0.160 e. The molecule has 1 aliphatic heterocycles. The highest BCUT2D eigenvalue weighted by Gasteiger charge is 2.27. The summed E-state index contributed by atoms with van der Waals surface area (Å²) in [6, 6.07) is 53.4. The number of rotatable bonds is 3. The zero-order valence-corrected chi connectivity index (χ0v) is 30.5. The van der Waals surface area contributed by atoms with Crippen molar-refractivity contribution in [1.82, 2.24) is 4.57 Å². The Morgan fingerprint density at radius 2 is 1.30 bits per heavy atom. The van der Waals surface area contributed by atoms with Crippen LogP contribution in [-0.2, 0) is 6.42 Å². The first-order valence-corrected chi connectivity index (χ1v) is 18.8. The normalized spacial score (nSPS) is 13.3. The first kappa shape index (κ1) is 32.4. The van der Waals surface area contributed by atoms with Crippen LogP contribution in [0.1, 0.15) is 28.0 Å². The molecule has 0 spiro atoms. The first-order chi connectivity index (χ1) is 28.1. The maximum atomic E-state index is 11.0. The molecule has 57 heavy (non-hydrogen) atoms. The highest BCUT2D eigenvalue weighted by atomic mass is 16.3. The van der Waals surface area contributed by atoms with E-state index < -0.39 is 0 Å². The van der Waals surface area contributed by atoms with Gasteiger partial charge in [-0.25, -0.2) is 0 Å². The third kappa shape index (κ3) is 4.75. The number of hydrogen-bond donors (Lipinski definition) is 0. The fourth-order valence-electron chi connectivity index (χ4n) is 8.76. The fourth-order valence-corrected chi connectivity index (χ4v) is 8.76. The number of nitriles is 2. The van der Waals surface area contributed by atoms with Crippen molar-refractivity contribution in [2.45, 2.75) is 6.42 Å². The number of anilines is 2. The van der Waals surface area contributed by atoms with Crippen molar-refractivity contribution >= 4 is 77.9 Å². The van der Waals surface area contributed by atoms with E-state index in [1.54, 1.807) is 0 Å². The second kappa shape index (κ2) is 12.5. The third-order valence-electron chi connectivity index (χ3n) is 11.3. The number of allylic oxidation sites excluding steroid dienone is 1. The summed E-state index contributed by atoms with van der Waals surface area (Å²) in [6.45, 7) is 4.62. The first-order valence-electron chi connectivity index (χ1n) is 18.8. The molecule has 3 aromatic heterocycles. The number of hydrogen-bond acceptors (Lipinski definition) is 5. The quantitative estimate of drug-likeness (QED) is 0.181. The van der Waals surface area contributed by atoms with E-state index in [4.69, 9.17) is 8.83 Å². The lowest BCUT2D eigenvalue weighted by Crippen LogP contribution is -2.16. The molecule has 1 aliphatic rings. The van der Waals surface area contributed by atoms with Crippen LogP contribution in [0.5, 0.6) is 0 Å². The van der Waals surface area contributed by atoms with Crippen LogP contribution in [0.3, 0.4) is 0 Å². The smallest absolute Gasteiger partial charge is 0.160 e. The van der Waals surface area contributed by atoms with Crippen molar-refractivity contribution in [1.29, 1.82) is 10.5 Å². The molecule has 0 bridgehead atoms. The maximum absolute atomic E-state index is 11.0. The summed E-state index contributed by atoms with van der Waals surface area (Å²) in [5.74, 6) is 0.659. The predicted octanol–water partition coefficient (Wildman–Crippen LogP) is 13.2. The van der Waals surface area contributed by atoms with Gasteiger partial charge in [0, 0.05) is 55.0 Å². The minimum Gasteiger partial charge on any atom is -0.454 e. The van der Waals surface area contributed by atoms with Gasteiger partial charge in [0.2, 0.25) is 0 Å². The molecule has 0 aliphatic carbocycles. The third-order valence-corrected chi connectivity index (χ3v) is 11.3. The number of furan rings is 2. The van der Waals surface area contributed by atoms with Crippen LogP contribution < -0.4 is 4.90 Å². The molecule has 0 saturated heterocycles. The summed E-state index contributed by atoms with van der Waals surface area (Å²) < 4.78 is 15.3. The van der Waals surface area contributed by atoms with E-state index >= 15 is 0 Å². The Hall–Kier alpha value is -8.06. The molecule has 11 rings (SSSR count). The topological polar surface area (TPSA) is 82.0 Å². The Bertz CT molecular complexity index is 3450. The van der Waals surface area contributed by atoms with E-state index in [0.29, 0.717) is 40.1 Å². The molecule has 0 radical (unpaired) electrons. The van der Waals surface area contributed by atoms with Gasteiger partial charge in [0.15, 0.2) is 11.3 Å². The van der Waals surface area contributed by atoms with Gasteiger partial charge in [0.25, 0.3) is 0 Å². The van der Waals surface area contributed by atoms with Crippen molar-refractivity contribution in [3.05, 3.63) is 186 Å². The summed E-state index contributed by atoms with van der Waals surface area (Å²) in [4.78, 5) is 2.08. The van der Waals surface area contributed by atoms with Gasteiger partial charge in [-0.05, 0) is 66.6 Å². The summed E-state index contributed by atoms with van der Waals surface area (Å²) in [7, 11) is 0. The molecule has 0 fully saturated rings. The van der Waals surface area contributed by atoms with Gasteiger partial charge >= 0.3 is 0 Å². The minimum atomic E-state index is 0.416. The lowest BCUT2D eigenvalue weighted by molar-refractivity contribution is 0.597. The van der Waals surface area contributed by atoms with Crippen LogP contribution >= 0.6 is 0 Å². The van der Waals surface area contributed by atoms with E-state index in [0.717, 1.165) is 82.9 Å². The largest absolute Gasteiger partial charge is 0.454 e. The molecule has 0 N–H and O–H groups in total. The van der Waals surface area contributed by atoms with E-state index in [1.165, 1.54) is 0 Å². The lowest BCUT2D eigenvalue weighted by atomic mass is 9.93. The van der Waals surface area contributed by atoms with Gasteiger partial charge in [-0.1, -0.05) is 110 Å². The minimum absolute atomic E-state index is 0.416. The Kier molecular flexibility index (Phi) is 7.10. The van der Waals surface area contributed by atoms with Crippen molar-refractivity contribution < 1.29 is 8.83 Å². The Morgan fingerprint density at radius 1 is 0.596 bits per heavy atom. The standard InChI is InChI=1S/C51H30N4O2/c1-31-50-41(38-16-4-8-22-46(38)56-50)18-10-13-32-12-2-6-19-43(32)54(31)35-24-25-36(34(28-35)30-53)48-33(29-52)14-11-21-45(48)55-44-20-7-3-15-37(44)40-26-27-42-39-17-5-9-23-47(39)57-51(42)49(40)55/h2-12,14-28H,1,13H2/b18-10-. The van der Waals surface area contributed by atoms with E-state index in [9.17, 15) is 10.5 Å². The molecule has 0 amide bonds. The average Bonchev–Trinajstić information content (AvgIpc) is 3.94. The van der Waals surface area contributed by atoms with Crippen molar-refractivity contribution in [3.8, 4) is 29.0 Å². The summed E-state index contributed by atoms with van der Waals surface area (Å²) in [6.07, 6.45) is 4.97. The molecule has 4 heterocycles. The fraction of sp³-hybridized carbons (Fsp3) is 0.0196. The number of aromatic nitrogens is 1. The van der Waals surface area contributed by atoms with Crippen LogP contribution in [-0.4, -0.2) is 4.57 Å². The van der Waals surface area contributed by atoms with Crippen molar-refractivity contribution in [3.63, 3.8) is 0 Å². The monoisotopic (exact) mass is 730 g/mol. The van der Waals surface area contributed by atoms with Gasteiger partial charge in [-0.3, -0.25) is 0 Å². The number of benzene rings is 7. The number of nitrogens with zero attached hydrogens (tertiary/aromatic N) is 4. The van der Waals surface area contributed by atoms with Gasteiger partial charge in [-0.2, -0.15) is 10.5 Å². The highest BCUT2D eigenvalue weighted by molar-refractivity contribution is 6.21. The van der Waals surface area contributed by atoms with E-state index in [2.05, 4.69) is 88.9 Å². The van der Waals surface area contributed by atoms with Gasteiger partial charge < -0.3 is 18.3 Å². The van der Waals surface area contributed by atoms with Crippen LogP contribution in [0.25, 0.3) is 83.3 Å². The Labute approximate surface area is 327 Å². The predicted molar refractivity (Wildman–Crippen MR) is 229 cm³/mol. The SMILES string of the molecule is C=C1c2oc3ccccc3c2/C=C\Cc2ccccc2N1c1ccc(-c2c(C#N)cccc2-n2c3ccccc3c3ccc4c5ccccc5oc4c32)c(C#N)c1. The summed E-state index contributed by atoms with van der Waals surface area (Å²) >= 11 is 0. The van der Waals surface area contributed by atoms with Crippen molar-refractivity contribution in [2.75, 3.05) is 4.90 Å². The second-order valence-corrected chi connectivity index (χ2v) is 14.3. The van der Waals surface area contributed by atoms with Crippen LogP contribution in [0.15, 0.2) is 167 Å². The van der Waals surface area contributed by atoms with Gasteiger partial charge in [0.05, 0.1) is 45.7 Å². The molecule has 0 saturated carbocycles. The Balaban J connectivity index is 1.16. The molecule has 0 atom stereocenters. The van der Waals surface area contributed by atoms with Gasteiger partial charge in [-0.15, -0.1) is 0 Å². The van der Waals surface area contributed by atoms with E-state index in [-0.39, 0.29) is 0 Å². The highest BCUT2D eigenvalue weighted by Crippen LogP contribution is 2.46. The van der Waals surface area contributed by atoms with Crippen LogP contribution in [0.2, 0.25) is 0 Å². The molecule has 6 nitrogen and oxygen atoms in total. The second-order valence-electron chi connectivity index (χ2n) is 14.3. The van der Waals surface area contributed by atoms with Crippen LogP contribution in [0, 0.1) is 22.7 Å². The number of fused-ring (bicyclic) bond motifs is 11. The van der Waals surface area contributed by atoms with Gasteiger partial charge in [0.1, 0.15) is 11.2 Å².